The Balaban J connectivity index is 1.58. The van der Waals surface area contributed by atoms with E-state index in [4.69, 9.17) is 4.74 Å². The zero-order chi connectivity index (χ0) is 27.1. The smallest absolute Gasteiger partial charge is 0.264 e. The summed E-state index contributed by atoms with van der Waals surface area (Å²) in [6.45, 7) is 5.49. The van der Waals surface area contributed by atoms with Gasteiger partial charge in [0.05, 0.1) is 16.6 Å². The molecule has 4 rings (SSSR count). The van der Waals surface area contributed by atoms with Gasteiger partial charge in [0.15, 0.2) is 0 Å². The Morgan fingerprint density at radius 2 is 1.45 bits per heavy atom. The predicted octanol–water partition coefficient (Wildman–Crippen LogP) is 6.42. The van der Waals surface area contributed by atoms with Gasteiger partial charge in [-0.05, 0) is 79.9 Å². The lowest BCUT2D eigenvalue weighted by molar-refractivity contribution is -0.120. The Hall–Kier alpha value is -4.10. The average Bonchev–Trinajstić information content (AvgIpc) is 2.93. The Kier molecular flexibility index (Phi) is 8.48. The van der Waals surface area contributed by atoms with Gasteiger partial charge in [0.25, 0.3) is 10.0 Å². The fraction of sp³-hybridized carbons (Fsp3) is 0.194. The number of aryl methyl sites for hydroxylation is 2. The molecule has 0 saturated heterocycles. The lowest BCUT2D eigenvalue weighted by Gasteiger charge is -2.25. The summed E-state index contributed by atoms with van der Waals surface area (Å²) < 4.78 is 34.4. The van der Waals surface area contributed by atoms with E-state index < -0.39 is 15.9 Å². The molecule has 38 heavy (non-hydrogen) atoms. The van der Waals surface area contributed by atoms with E-state index in [0.717, 1.165) is 21.9 Å². The molecular formula is C31H32N2O4S. The van der Waals surface area contributed by atoms with Crippen LogP contribution >= 0.6 is 0 Å². The van der Waals surface area contributed by atoms with Gasteiger partial charge < -0.3 is 10.1 Å². The minimum absolute atomic E-state index is 0.115. The second-order valence-corrected chi connectivity index (χ2v) is 11.0. The number of ether oxygens (including phenoxy) is 1. The molecule has 4 aromatic carbocycles. The van der Waals surface area contributed by atoms with Gasteiger partial charge in [-0.25, -0.2) is 8.42 Å². The number of amides is 1. The van der Waals surface area contributed by atoms with Crippen LogP contribution in [0, 0.1) is 6.92 Å². The summed E-state index contributed by atoms with van der Waals surface area (Å²) in [6.07, 6.45) is 0.933. The van der Waals surface area contributed by atoms with Crippen molar-refractivity contribution in [2.75, 3.05) is 10.8 Å². The van der Waals surface area contributed by atoms with Crippen LogP contribution in [0.2, 0.25) is 0 Å². The first-order valence-electron chi connectivity index (χ1n) is 12.6. The zero-order valence-electron chi connectivity index (χ0n) is 21.8. The maximum atomic E-state index is 13.7. The minimum atomic E-state index is -4.02. The molecule has 0 aliphatic heterocycles. The third-order valence-corrected chi connectivity index (χ3v) is 8.05. The number of nitrogens with zero attached hydrogens (tertiary/aromatic N) is 1. The molecule has 7 heteroatoms. The standard InChI is InChI=1S/C31H32N2O4S/c1-4-25-12-14-26(15-13-25)24(3)32-31(34)22-33(38(35,36)30-20-10-23(2)11-21-30)27-16-18-29(19-17-27)37-28-8-6-5-7-9-28/h5-21,24H,4,22H2,1-3H3,(H,32,34)/t24-/m0/s1. The highest BCUT2D eigenvalue weighted by molar-refractivity contribution is 7.92. The van der Waals surface area contributed by atoms with Crippen LogP contribution in [0.25, 0.3) is 0 Å². The van der Waals surface area contributed by atoms with Crippen molar-refractivity contribution in [1.82, 2.24) is 5.32 Å². The third kappa shape index (κ3) is 6.61. The van der Waals surface area contributed by atoms with Gasteiger partial charge in [0.2, 0.25) is 5.91 Å². The molecule has 0 spiro atoms. The summed E-state index contributed by atoms with van der Waals surface area (Å²) in [6, 6.07) is 30.3. The van der Waals surface area contributed by atoms with Crippen molar-refractivity contribution in [3.63, 3.8) is 0 Å². The van der Waals surface area contributed by atoms with E-state index in [0.29, 0.717) is 17.2 Å². The molecule has 0 heterocycles. The first kappa shape index (κ1) is 26.9. The van der Waals surface area contributed by atoms with Crippen molar-refractivity contribution in [2.45, 2.75) is 38.1 Å². The van der Waals surface area contributed by atoms with Gasteiger partial charge in [-0.15, -0.1) is 0 Å². The van der Waals surface area contributed by atoms with E-state index >= 15 is 0 Å². The van der Waals surface area contributed by atoms with Gasteiger partial charge >= 0.3 is 0 Å². The first-order chi connectivity index (χ1) is 18.3. The number of para-hydroxylation sites is 1. The average molecular weight is 529 g/mol. The fourth-order valence-electron chi connectivity index (χ4n) is 4.00. The number of hydrogen-bond acceptors (Lipinski definition) is 4. The van der Waals surface area contributed by atoms with Crippen LogP contribution in [0.1, 0.15) is 36.6 Å². The topological polar surface area (TPSA) is 75.7 Å². The number of nitrogens with one attached hydrogen (secondary N) is 1. The highest BCUT2D eigenvalue weighted by Gasteiger charge is 2.28. The van der Waals surface area contributed by atoms with Gasteiger partial charge in [-0.1, -0.05) is 67.1 Å². The summed E-state index contributed by atoms with van der Waals surface area (Å²) in [4.78, 5) is 13.2. The van der Waals surface area contributed by atoms with Crippen LogP contribution in [0.4, 0.5) is 5.69 Å². The molecule has 0 bridgehead atoms. The first-order valence-corrected chi connectivity index (χ1v) is 14.0. The summed E-state index contributed by atoms with van der Waals surface area (Å²) >= 11 is 0. The number of rotatable bonds is 10. The molecule has 0 aliphatic carbocycles. The van der Waals surface area contributed by atoms with Crippen LogP contribution in [-0.4, -0.2) is 20.9 Å². The van der Waals surface area contributed by atoms with Crippen LogP contribution in [0.5, 0.6) is 11.5 Å². The molecule has 0 radical (unpaired) electrons. The van der Waals surface area contributed by atoms with Gasteiger partial charge in [0, 0.05) is 0 Å². The lowest BCUT2D eigenvalue weighted by atomic mass is 10.1. The summed E-state index contributed by atoms with van der Waals surface area (Å²) in [7, 11) is -4.02. The van der Waals surface area contributed by atoms with E-state index in [-0.39, 0.29) is 17.5 Å². The van der Waals surface area contributed by atoms with Crippen molar-refractivity contribution in [3.05, 3.63) is 120 Å². The van der Waals surface area contributed by atoms with E-state index in [2.05, 4.69) is 12.2 Å². The molecule has 1 N–H and O–H groups in total. The number of hydrogen-bond donors (Lipinski definition) is 1. The SMILES string of the molecule is CCc1ccc([C@H](C)NC(=O)CN(c2ccc(Oc3ccccc3)cc2)S(=O)(=O)c2ccc(C)cc2)cc1. The molecule has 0 fully saturated rings. The molecule has 1 amide bonds. The van der Waals surface area contributed by atoms with Crippen LogP contribution in [0.3, 0.4) is 0 Å². The van der Waals surface area contributed by atoms with Crippen molar-refractivity contribution in [1.29, 1.82) is 0 Å². The molecule has 0 saturated carbocycles. The van der Waals surface area contributed by atoms with E-state index in [1.807, 2.05) is 68.4 Å². The summed E-state index contributed by atoms with van der Waals surface area (Å²) in [5.41, 5.74) is 3.47. The maximum absolute atomic E-state index is 13.7. The molecule has 0 aliphatic rings. The molecule has 1 atom stereocenters. The molecule has 6 nitrogen and oxygen atoms in total. The lowest BCUT2D eigenvalue weighted by Crippen LogP contribution is -2.41. The fourth-order valence-corrected chi connectivity index (χ4v) is 5.42. The highest BCUT2D eigenvalue weighted by atomic mass is 32.2. The minimum Gasteiger partial charge on any atom is -0.457 e. The normalized spacial score (nSPS) is 12.0. The Morgan fingerprint density at radius 3 is 2.05 bits per heavy atom. The molecule has 196 valence electrons. The molecule has 4 aromatic rings. The van der Waals surface area contributed by atoms with Crippen molar-refractivity contribution >= 4 is 21.6 Å². The molecular weight excluding hydrogens is 496 g/mol. The van der Waals surface area contributed by atoms with Crippen LogP contribution in [-0.2, 0) is 21.2 Å². The van der Waals surface area contributed by atoms with E-state index in [9.17, 15) is 13.2 Å². The Morgan fingerprint density at radius 1 is 0.842 bits per heavy atom. The molecule has 0 unspecified atom stereocenters. The Labute approximate surface area is 225 Å². The monoisotopic (exact) mass is 528 g/mol. The van der Waals surface area contributed by atoms with Gasteiger partial charge in [0.1, 0.15) is 18.0 Å². The van der Waals surface area contributed by atoms with E-state index in [1.165, 1.54) is 5.56 Å². The summed E-state index contributed by atoms with van der Waals surface area (Å²) in [5, 5.41) is 2.94. The zero-order valence-corrected chi connectivity index (χ0v) is 22.6. The second-order valence-electron chi connectivity index (χ2n) is 9.12. The van der Waals surface area contributed by atoms with Crippen molar-refractivity contribution in [3.8, 4) is 11.5 Å². The number of benzene rings is 4. The van der Waals surface area contributed by atoms with Crippen molar-refractivity contribution in [2.24, 2.45) is 0 Å². The number of carbonyl (C=O) groups is 1. The summed E-state index contributed by atoms with van der Waals surface area (Å²) in [5.74, 6) is 0.823. The Bertz CT molecular complexity index is 1450. The number of carbonyl (C=O) groups excluding carboxylic acids is 1. The highest BCUT2D eigenvalue weighted by Crippen LogP contribution is 2.28. The van der Waals surface area contributed by atoms with Crippen molar-refractivity contribution < 1.29 is 17.9 Å². The van der Waals surface area contributed by atoms with E-state index in [1.54, 1.807) is 48.5 Å². The number of anilines is 1. The molecule has 0 aromatic heterocycles. The second kappa shape index (κ2) is 12.0. The quantitative estimate of drug-likeness (QED) is 0.258. The maximum Gasteiger partial charge on any atom is 0.264 e. The largest absolute Gasteiger partial charge is 0.457 e. The number of sulfonamides is 1. The third-order valence-electron chi connectivity index (χ3n) is 6.27. The van der Waals surface area contributed by atoms with Crippen LogP contribution < -0.4 is 14.4 Å². The predicted molar refractivity (Wildman–Crippen MR) is 151 cm³/mol. The van der Waals surface area contributed by atoms with Crippen LogP contribution in [0.15, 0.2) is 108 Å². The van der Waals surface area contributed by atoms with Gasteiger partial charge in [-0.2, -0.15) is 0 Å². The van der Waals surface area contributed by atoms with Gasteiger partial charge in [-0.3, -0.25) is 9.10 Å².